The van der Waals surface area contributed by atoms with Gasteiger partial charge in [-0.25, -0.2) is 0 Å². The highest BCUT2D eigenvalue weighted by atomic mass is 35.7. The molecular formula is C12H18ClO2P. The lowest BCUT2D eigenvalue weighted by molar-refractivity contribution is 0.312. The van der Waals surface area contributed by atoms with Gasteiger partial charge in [-0.3, -0.25) is 4.57 Å². The summed E-state index contributed by atoms with van der Waals surface area (Å²) in [5.41, 5.74) is 0.955. The lowest BCUT2D eigenvalue weighted by Gasteiger charge is -2.11. The van der Waals surface area contributed by atoms with Crippen molar-refractivity contribution in [3.8, 4) is 0 Å². The maximum absolute atomic E-state index is 11.9. The molecule has 0 aliphatic heterocycles. The summed E-state index contributed by atoms with van der Waals surface area (Å²) in [4.78, 5) is 0. The molecular weight excluding hydrogens is 243 g/mol. The van der Waals surface area contributed by atoms with E-state index in [4.69, 9.17) is 15.8 Å². The molecule has 16 heavy (non-hydrogen) atoms. The van der Waals surface area contributed by atoms with Crippen molar-refractivity contribution in [2.45, 2.75) is 32.3 Å². The summed E-state index contributed by atoms with van der Waals surface area (Å²) in [5.74, 6) is 0. The van der Waals surface area contributed by atoms with E-state index in [0.29, 0.717) is 12.8 Å². The first-order valence-electron chi connectivity index (χ1n) is 5.61. The first kappa shape index (κ1) is 13.8. The Morgan fingerprint density at radius 2 is 1.94 bits per heavy atom. The second-order valence-electron chi connectivity index (χ2n) is 3.77. The quantitative estimate of drug-likeness (QED) is 0.519. The van der Waals surface area contributed by atoms with Crippen LogP contribution in [0.15, 0.2) is 30.3 Å². The summed E-state index contributed by atoms with van der Waals surface area (Å²) in [6.07, 6.45) is 3.43. The van der Waals surface area contributed by atoms with Crippen LogP contribution in [0, 0.1) is 0 Å². The summed E-state index contributed by atoms with van der Waals surface area (Å²) >= 11 is 5.88. The monoisotopic (exact) mass is 260 g/mol. The van der Waals surface area contributed by atoms with Crippen LogP contribution in [0.2, 0.25) is 0 Å². The third-order valence-electron chi connectivity index (χ3n) is 2.25. The molecule has 0 aliphatic carbocycles. The Labute approximate surface area is 102 Å². The van der Waals surface area contributed by atoms with Gasteiger partial charge in [0.25, 0.3) is 6.72 Å². The lowest BCUT2D eigenvalue weighted by Crippen LogP contribution is -1.92. The van der Waals surface area contributed by atoms with Crippen LogP contribution >= 0.6 is 18.0 Å². The van der Waals surface area contributed by atoms with Crippen molar-refractivity contribution in [3.05, 3.63) is 35.9 Å². The zero-order chi connectivity index (χ0) is 11.9. The van der Waals surface area contributed by atoms with Gasteiger partial charge in [-0.1, -0.05) is 50.1 Å². The molecule has 90 valence electrons. The molecule has 0 N–H and O–H groups in total. The van der Waals surface area contributed by atoms with Crippen LogP contribution in [0.5, 0.6) is 0 Å². The van der Waals surface area contributed by atoms with E-state index in [1.165, 1.54) is 0 Å². The number of hydrogen-bond acceptors (Lipinski definition) is 2. The zero-order valence-electron chi connectivity index (χ0n) is 9.56. The molecule has 0 spiro atoms. The van der Waals surface area contributed by atoms with E-state index in [1.54, 1.807) is 0 Å². The maximum Gasteiger partial charge on any atom is 0.294 e. The molecule has 1 unspecified atom stereocenters. The topological polar surface area (TPSA) is 26.3 Å². The van der Waals surface area contributed by atoms with Crippen LogP contribution in [0.4, 0.5) is 0 Å². The Kier molecular flexibility index (Phi) is 6.12. The van der Waals surface area contributed by atoms with Gasteiger partial charge in [0.15, 0.2) is 0 Å². The fraction of sp³-hybridized carbons (Fsp3) is 0.500. The Morgan fingerprint density at radius 3 is 2.56 bits per heavy atom. The number of rotatable bonds is 7. The fourth-order valence-corrected chi connectivity index (χ4v) is 3.16. The number of hydrogen-bond donors (Lipinski definition) is 0. The third-order valence-corrected chi connectivity index (χ3v) is 4.21. The van der Waals surface area contributed by atoms with E-state index < -0.39 is 6.72 Å². The van der Waals surface area contributed by atoms with E-state index in [9.17, 15) is 4.57 Å². The van der Waals surface area contributed by atoms with Crippen molar-refractivity contribution < 1.29 is 9.09 Å². The molecule has 0 fully saturated rings. The molecule has 0 aromatic heterocycles. The SMILES string of the molecule is CCCCCOP(=O)(Cl)Cc1ccccc1. The van der Waals surface area contributed by atoms with Gasteiger partial charge in [-0.2, -0.15) is 0 Å². The predicted octanol–water partition coefficient (Wildman–Crippen LogP) is 4.83. The Balaban J connectivity index is 2.37. The van der Waals surface area contributed by atoms with Gasteiger partial charge in [-0.15, -0.1) is 0 Å². The average molecular weight is 261 g/mol. The second kappa shape index (κ2) is 7.11. The molecule has 0 saturated carbocycles. The van der Waals surface area contributed by atoms with Gasteiger partial charge in [-0.05, 0) is 23.2 Å². The molecule has 0 heterocycles. The van der Waals surface area contributed by atoms with Crippen LogP contribution in [-0.2, 0) is 15.3 Å². The minimum Gasteiger partial charge on any atom is -0.317 e. The minimum absolute atomic E-state index is 0.307. The first-order chi connectivity index (χ1) is 7.64. The van der Waals surface area contributed by atoms with Crippen molar-refractivity contribution in [1.29, 1.82) is 0 Å². The van der Waals surface area contributed by atoms with E-state index in [-0.39, 0.29) is 0 Å². The van der Waals surface area contributed by atoms with Gasteiger partial charge in [0.1, 0.15) is 0 Å². The first-order valence-corrected chi connectivity index (χ1v) is 8.33. The van der Waals surface area contributed by atoms with Crippen LogP contribution in [-0.4, -0.2) is 6.61 Å². The summed E-state index contributed by atoms with van der Waals surface area (Å²) in [7, 11) is 0. The summed E-state index contributed by atoms with van der Waals surface area (Å²) in [5, 5.41) is 0. The molecule has 0 aliphatic rings. The van der Waals surface area contributed by atoms with E-state index in [2.05, 4.69) is 6.92 Å². The van der Waals surface area contributed by atoms with Gasteiger partial charge in [0.2, 0.25) is 0 Å². The molecule has 1 atom stereocenters. The highest BCUT2D eigenvalue weighted by Crippen LogP contribution is 2.55. The highest BCUT2D eigenvalue weighted by Gasteiger charge is 2.19. The molecule has 0 radical (unpaired) electrons. The summed E-state index contributed by atoms with van der Waals surface area (Å²) < 4.78 is 17.1. The van der Waals surface area contributed by atoms with Crippen molar-refractivity contribution in [2.75, 3.05) is 6.61 Å². The van der Waals surface area contributed by atoms with Gasteiger partial charge in [0.05, 0.1) is 12.8 Å². The molecule has 0 amide bonds. The third kappa shape index (κ3) is 5.69. The minimum atomic E-state index is -2.98. The van der Waals surface area contributed by atoms with Crippen LogP contribution in [0.3, 0.4) is 0 Å². The van der Waals surface area contributed by atoms with Crippen molar-refractivity contribution in [3.63, 3.8) is 0 Å². The van der Waals surface area contributed by atoms with E-state index in [0.717, 1.165) is 24.8 Å². The highest BCUT2D eigenvalue weighted by molar-refractivity contribution is 7.84. The molecule has 1 rings (SSSR count). The maximum atomic E-state index is 11.9. The van der Waals surface area contributed by atoms with Gasteiger partial charge in [0, 0.05) is 0 Å². The molecule has 0 bridgehead atoms. The molecule has 4 heteroatoms. The van der Waals surface area contributed by atoms with E-state index >= 15 is 0 Å². The number of halogens is 1. The molecule has 1 aromatic rings. The molecule has 0 saturated heterocycles. The van der Waals surface area contributed by atoms with Crippen molar-refractivity contribution in [1.82, 2.24) is 0 Å². The van der Waals surface area contributed by atoms with Crippen molar-refractivity contribution in [2.24, 2.45) is 0 Å². The standard InChI is InChI=1S/C12H18ClO2P/c1-2-3-7-10-15-16(13,14)11-12-8-5-4-6-9-12/h4-6,8-9H,2-3,7,10-11H2,1H3. The second-order valence-corrected chi connectivity index (χ2v) is 7.07. The number of unbranched alkanes of at least 4 members (excludes halogenated alkanes) is 2. The lowest BCUT2D eigenvalue weighted by atomic mass is 10.2. The smallest absolute Gasteiger partial charge is 0.294 e. The Bertz CT molecular complexity index is 340. The van der Waals surface area contributed by atoms with Crippen LogP contribution in [0.25, 0.3) is 0 Å². The summed E-state index contributed by atoms with van der Waals surface area (Å²) in [6, 6.07) is 9.55. The van der Waals surface area contributed by atoms with Crippen LogP contribution in [0.1, 0.15) is 31.7 Å². The fourth-order valence-electron chi connectivity index (χ4n) is 1.40. The average Bonchev–Trinajstić information content (AvgIpc) is 2.25. The number of benzene rings is 1. The largest absolute Gasteiger partial charge is 0.317 e. The van der Waals surface area contributed by atoms with Crippen molar-refractivity contribution >= 4 is 18.0 Å². The predicted molar refractivity (Wildman–Crippen MR) is 69.1 cm³/mol. The molecule has 1 aromatic carbocycles. The van der Waals surface area contributed by atoms with Gasteiger partial charge >= 0.3 is 0 Å². The Hall–Kier alpha value is -0.300. The van der Waals surface area contributed by atoms with Crippen LogP contribution < -0.4 is 0 Å². The van der Waals surface area contributed by atoms with E-state index in [1.807, 2.05) is 30.3 Å². The zero-order valence-corrected chi connectivity index (χ0v) is 11.2. The summed E-state index contributed by atoms with van der Waals surface area (Å²) in [6.45, 7) is -0.380. The van der Waals surface area contributed by atoms with Gasteiger partial charge < -0.3 is 4.52 Å². The normalized spacial score (nSPS) is 14.6. The molecule has 2 nitrogen and oxygen atoms in total. The Morgan fingerprint density at radius 1 is 1.25 bits per heavy atom.